The summed E-state index contributed by atoms with van der Waals surface area (Å²) in [5.41, 5.74) is 1.28. The van der Waals surface area contributed by atoms with E-state index in [1.165, 1.54) is 5.56 Å². The number of quaternary nitrogens is 1. The summed E-state index contributed by atoms with van der Waals surface area (Å²) in [4.78, 5) is 0. The number of aliphatic hydroxyl groups excluding tert-OH is 1. The highest BCUT2D eigenvalue weighted by atomic mass is 16.5. The first kappa shape index (κ1) is 13.1. The van der Waals surface area contributed by atoms with E-state index in [0.717, 1.165) is 13.0 Å². The smallest absolute Gasteiger partial charge is 0.202 e. The third-order valence-electron chi connectivity index (χ3n) is 1.86. The average Bonchev–Trinajstić information content (AvgIpc) is 2.14. The van der Waals surface area contributed by atoms with Gasteiger partial charge in [0.25, 0.3) is 0 Å². The van der Waals surface area contributed by atoms with Crippen LogP contribution in [0.5, 0.6) is 0 Å². The Morgan fingerprint density at radius 3 is 2.36 bits per heavy atom. The summed E-state index contributed by atoms with van der Waals surface area (Å²) in [7, 11) is 0. The van der Waals surface area contributed by atoms with Crippen molar-refractivity contribution in [3.63, 3.8) is 0 Å². The van der Waals surface area contributed by atoms with Crippen LogP contribution in [0.1, 0.15) is 5.56 Å². The highest BCUT2D eigenvalue weighted by molar-refractivity contribution is 5.14. The molecule has 1 rings (SSSR count). The van der Waals surface area contributed by atoms with Crippen molar-refractivity contribution in [2.24, 2.45) is 0 Å². The zero-order valence-corrected chi connectivity index (χ0v) is 8.00. The summed E-state index contributed by atoms with van der Waals surface area (Å²) in [5.74, 6) is 0. The van der Waals surface area contributed by atoms with Gasteiger partial charge in [-0.1, -0.05) is 30.3 Å². The minimum Gasteiger partial charge on any atom is -0.870 e. The van der Waals surface area contributed by atoms with Crippen LogP contribution in [0.4, 0.5) is 0 Å². The van der Waals surface area contributed by atoms with Crippen molar-refractivity contribution in [2.45, 2.75) is 12.7 Å². The molecule has 4 heteroatoms. The molecular weight excluding hydrogens is 182 g/mol. The van der Waals surface area contributed by atoms with E-state index in [1.807, 2.05) is 23.5 Å². The second-order valence-corrected chi connectivity index (χ2v) is 3.03. The molecule has 1 aromatic carbocycles. The molecule has 4 nitrogen and oxygen atoms in total. The third kappa shape index (κ3) is 5.66. The standard InChI is InChI=1S/C10H15NO2.H2O/c12-10(13)8-11-7-6-9-4-2-1-3-5-9;/h1-5,10-13H,6-8H2;1H2. The van der Waals surface area contributed by atoms with Gasteiger partial charge in [0.2, 0.25) is 6.29 Å². The molecule has 0 unspecified atom stereocenters. The first-order valence-corrected chi connectivity index (χ1v) is 4.51. The average molecular weight is 199 g/mol. The SMILES string of the molecule is OC(O)C[NH2+]CCc1ccccc1.[OH-]. The molecule has 0 radical (unpaired) electrons. The van der Waals surface area contributed by atoms with E-state index >= 15 is 0 Å². The zero-order valence-electron chi connectivity index (χ0n) is 8.00. The van der Waals surface area contributed by atoms with Gasteiger partial charge in [-0.3, -0.25) is 0 Å². The number of benzene rings is 1. The molecule has 0 saturated heterocycles. The van der Waals surface area contributed by atoms with Gasteiger partial charge >= 0.3 is 0 Å². The molecule has 5 N–H and O–H groups in total. The van der Waals surface area contributed by atoms with E-state index in [-0.39, 0.29) is 5.48 Å². The van der Waals surface area contributed by atoms with E-state index in [4.69, 9.17) is 10.2 Å². The minimum atomic E-state index is -1.20. The van der Waals surface area contributed by atoms with Gasteiger partial charge < -0.3 is 21.0 Å². The Balaban J connectivity index is 0.00000169. The molecule has 80 valence electrons. The van der Waals surface area contributed by atoms with Gasteiger partial charge in [0, 0.05) is 6.42 Å². The van der Waals surface area contributed by atoms with Crippen LogP contribution in [-0.2, 0) is 6.42 Å². The largest absolute Gasteiger partial charge is 0.870 e. The van der Waals surface area contributed by atoms with Crippen molar-refractivity contribution in [1.82, 2.24) is 0 Å². The first-order chi connectivity index (χ1) is 6.29. The maximum Gasteiger partial charge on any atom is 0.202 e. The van der Waals surface area contributed by atoms with E-state index < -0.39 is 6.29 Å². The summed E-state index contributed by atoms with van der Waals surface area (Å²) in [6, 6.07) is 10.2. The highest BCUT2D eigenvalue weighted by Crippen LogP contribution is 1.96. The first-order valence-electron chi connectivity index (χ1n) is 4.51. The summed E-state index contributed by atoms with van der Waals surface area (Å²) in [6.45, 7) is 1.24. The summed E-state index contributed by atoms with van der Waals surface area (Å²) >= 11 is 0. The summed E-state index contributed by atoms with van der Waals surface area (Å²) in [6.07, 6.45) is -0.233. The van der Waals surface area contributed by atoms with E-state index in [0.29, 0.717) is 6.54 Å². The van der Waals surface area contributed by atoms with Crippen molar-refractivity contribution < 1.29 is 21.0 Å². The van der Waals surface area contributed by atoms with Crippen molar-refractivity contribution in [3.8, 4) is 0 Å². The van der Waals surface area contributed by atoms with Gasteiger partial charge in [-0.25, -0.2) is 0 Å². The van der Waals surface area contributed by atoms with E-state index in [9.17, 15) is 0 Å². The molecule has 14 heavy (non-hydrogen) atoms. The number of aliphatic hydroxyl groups is 2. The molecule has 1 aromatic rings. The number of nitrogens with two attached hydrogens (primary N) is 1. The van der Waals surface area contributed by atoms with Gasteiger partial charge in [0.15, 0.2) is 0 Å². The minimum absolute atomic E-state index is 0. The lowest BCUT2D eigenvalue weighted by atomic mass is 10.1. The molecule has 0 spiro atoms. The maximum atomic E-state index is 8.57. The Morgan fingerprint density at radius 1 is 1.14 bits per heavy atom. The van der Waals surface area contributed by atoms with Crippen LogP contribution >= 0.6 is 0 Å². The fourth-order valence-corrected chi connectivity index (χ4v) is 1.18. The molecule has 0 aliphatic rings. The number of hydrogen-bond acceptors (Lipinski definition) is 3. The molecular formula is C10H17NO3. The van der Waals surface area contributed by atoms with Crippen molar-refractivity contribution in [2.75, 3.05) is 13.1 Å². The van der Waals surface area contributed by atoms with Gasteiger partial charge in [-0.2, -0.15) is 0 Å². The Kier molecular flexibility index (Phi) is 6.96. The molecule has 0 heterocycles. The summed E-state index contributed by atoms with van der Waals surface area (Å²) in [5, 5.41) is 19.0. The van der Waals surface area contributed by atoms with E-state index in [1.54, 1.807) is 0 Å². The lowest BCUT2D eigenvalue weighted by Crippen LogP contribution is -2.86. The lowest BCUT2D eigenvalue weighted by molar-refractivity contribution is -0.666. The molecule has 0 aliphatic carbocycles. The van der Waals surface area contributed by atoms with Crippen LogP contribution in [0.3, 0.4) is 0 Å². The molecule has 0 bridgehead atoms. The topological polar surface area (TPSA) is 87.1 Å². The van der Waals surface area contributed by atoms with Crippen LogP contribution in [0, 0.1) is 0 Å². The molecule has 0 amide bonds. The van der Waals surface area contributed by atoms with Crippen molar-refractivity contribution in [3.05, 3.63) is 35.9 Å². The Bertz CT molecular complexity index is 226. The van der Waals surface area contributed by atoms with Gasteiger partial charge in [-0.15, -0.1) is 0 Å². The molecule has 0 aliphatic heterocycles. The van der Waals surface area contributed by atoms with Crippen LogP contribution in [-0.4, -0.2) is 35.1 Å². The predicted molar refractivity (Wildman–Crippen MR) is 52.0 cm³/mol. The van der Waals surface area contributed by atoms with Gasteiger partial charge in [-0.05, 0) is 5.56 Å². The van der Waals surface area contributed by atoms with Gasteiger partial charge in [0.1, 0.15) is 6.54 Å². The molecule has 0 fully saturated rings. The van der Waals surface area contributed by atoms with Crippen LogP contribution in [0.15, 0.2) is 30.3 Å². The second kappa shape index (κ2) is 7.46. The second-order valence-electron chi connectivity index (χ2n) is 3.03. The number of rotatable bonds is 5. The maximum absolute atomic E-state index is 8.57. The lowest BCUT2D eigenvalue weighted by Gasteiger charge is -2.02. The van der Waals surface area contributed by atoms with Crippen molar-refractivity contribution >= 4 is 0 Å². The fraction of sp³-hybridized carbons (Fsp3) is 0.400. The number of hydrogen-bond donors (Lipinski definition) is 3. The Labute approximate surface area is 83.5 Å². The molecule has 0 saturated carbocycles. The quantitative estimate of drug-likeness (QED) is 0.416. The van der Waals surface area contributed by atoms with Crippen LogP contribution in [0.2, 0.25) is 0 Å². The highest BCUT2D eigenvalue weighted by Gasteiger charge is 1.98. The van der Waals surface area contributed by atoms with Gasteiger partial charge in [0.05, 0.1) is 6.54 Å². The van der Waals surface area contributed by atoms with Crippen molar-refractivity contribution in [1.29, 1.82) is 0 Å². The zero-order chi connectivity index (χ0) is 9.52. The van der Waals surface area contributed by atoms with Crippen LogP contribution in [0.25, 0.3) is 0 Å². The fourth-order valence-electron chi connectivity index (χ4n) is 1.18. The monoisotopic (exact) mass is 199 g/mol. The predicted octanol–water partition coefficient (Wildman–Crippen LogP) is -1.07. The summed E-state index contributed by atoms with van der Waals surface area (Å²) < 4.78 is 0. The Hall–Kier alpha value is -0.940. The molecule has 0 atom stereocenters. The van der Waals surface area contributed by atoms with E-state index in [2.05, 4.69) is 12.1 Å². The Morgan fingerprint density at radius 2 is 1.79 bits per heavy atom. The normalized spacial score (nSPS) is 9.93. The molecule has 0 aromatic heterocycles. The third-order valence-corrected chi connectivity index (χ3v) is 1.86. The van der Waals surface area contributed by atoms with Crippen LogP contribution < -0.4 is 5.32 Å².